The van der Waals surface area contributed by atoms with Crippen molar-refractivity contribution in [2.45, 2.75) is 130 Å². The van der Waals surface area contributed by atoms with Crippen LogP contribution in [0, 0.1) is 52.3 Å². The third kappa shape index (κ3) is 3.72. The second-order valence-electron chi connectivity index (χ2n) is 13.6. The van der Waals surface area contributed by atoms with Crippen LogP contribution in [0.25, 0.3) is 0 Å². The molecule has 3 N–H and O–H groups in total. The van der Waals surface area contributed by atoms with Crippen LogP contribution in [-0.4, -0.2) is 33.1 Å². The predicted octanol–water partition coefficient (Wildman–Crippen LogP) is 6.19. The molecule has 0 amide bonds. The molecule has 0 aromatic carbocycles. The number of fused-ring (bicyclic) bond motifs is 5. The fraction of sp³-hybridized carbons (Fsp3) is 1.00. The Labute approximate surface area is 197 Å². The van der Waals surface area contributed by atoms with Crippen LogP contribution in [-0.2, 0) is 0 Å². The van der Waals surface area contributed by atoms with Crippen LogP contribution in [0.4, 0.5) is 0 Å². The van der Waals surface area contributed by atoms with Crippen molar-refractivity contribution < 1.29 is 15.3 Å². The maximum Gasteiger partial charge on any atom is 0.0985 e. The first-order valence-corrected chi connectivity index (χ1v) is 14.1. The van der Waals surface area contributed by atoms with Crippen LogP contribution in [0.5, 0.6) is 0 Å². The zero-order chi connectivity index (χ0) is 23.5. The molecule has 0 saturated heterocycles. The smallest absolute Gasteiger partial charge is 0.0985 e. The molecule has 4 saturated carbocycles. The predicted molar refractivity (Wildman–Crippen MR) is 131 cm³/mol. The van der Waals surface area contributed by atoms with Crippen molar-refractivity contribution in [3.63, 3.8) is 0 Å². The highest BCUT2D eigenvalue weighted by atomic mass is 16.3. The van der Waals surface area contributed by atoms with E-state index in [1.54, 1.807) is 0 Å². The first kappa shape index (κ1) is 25.0. The summed E-state index contributed by atoms with van der Waals surface area (Å²) in [5.41, 5.74) is -0.984. The first-order valence-electron chi connectivity index (χ1n) is 14.1. The van der Waals surface area contributed by atoms with E-state index in [1.165, 1.54) is 44.9 Å². The van der Waals surface area contributed by atoms with Gasteiger partial charge in [-0.05, 0) is 98.2 Å². The van der Waals surface area contributed by atoms with Gasteiger partial charge in [-0.2, -0.15) is 0 Å². The van der Waals surface area contributed by atoms with E-state index in [9.17, 15) is 15.3 Å². The molecule has 32 heavy (non-hydrogen) atoms. The summed E-state index contributed by atoms with van der Waals surface area (Å²) in [6, 6.07) is 0. The molecule has 0 radical (unpaired) electrons. The molecule has 4 aliphatic rings. The van der Waals surface area contributed by atoms with E-state index in [0.717, 1.165) is 42.9 Å². The van der Waals surface area contributed by atoms with Gasteiger partial charge in [0, 0.05) is 11.8 Å². The van der Waals surface area contributed by atoms with Crippen LogP contribution in [0.1, 0.15) is 112 Å². The fourth-order valence-corrected chi connectivity index (χ4v) is 9.92. The molecule has 186 valence electrons. The monoisotopic (exact) mass is 448 g/mol. The van der Waals surface area contributed by atoms with Gasteiger partial charge < -0.3 is 15.3 Å². The van der Waals surface area contributed by atoms with Gasteiger partial charge in [-0.15, -0.1) is 0 Å². The first-order chi connectivity index (χ1) is 15.0. The summed E-state index contributed by atoms with van der Waals surface area (Å²) in [5, 5.41) is 33.2. The van der Waals surface area contributed by atoms with Gasteiger partial charge in [-0.1, -0.05) is 54.4 Å². The maximum absolute atomic E-state index is 11.7. The Morgan fingerprint density at radius 3 is 2.28 bits per heavy atom. The van der Waals surface area contributed by atoms with Crippen LogP contribution in [0.3, 0.4) is 0 Å². The molecule has 11 atom stereocenters. The number of aliphatic hydroxyl groups excluding tert-OH is 2. The molecule has 3 heteroatoms. The SMILES string of the molecule is CC[C@@H](CC[C@@H](C)[C@H]1CCC2C3C[C@@H](O)[C@@]4(O)C[C@@H](O)CC[C@]4(C)C3CC[C@@]21C)C(C)C. The molecular formula is C29H52O3. The van der Waals surface area contributed by atoms with E-state index in [1.807, 2.05) is 0 Å². The lowest BCUT2D eigenvalue weighted by molar-refractivity contribution is -0.264. The van der Waals surface area contributed by atoms with Crippen LogP contribution >= 0.6 is 0 Å². The summed E-state index contributed by atoms with van der Waals surface area (Å²) in [6.45, 7) is 14.5. The molecule has 0 aromatic rings. The summed E-state index contributed by atoms with van der Waals surface area (Å²) in [4.78, 5) is 0. The van der Waals surface area contributed by atoms with Crippen LogP contribution in [0.2, 0.25) is 0 Å². The van der Waals surface area contributed by atoms with Gasteiger partial charge in [0.15, 0.2) is 0 Å². The summed E-state index contributed by atoms with van der Waals surface area (Å²) in [6.07, 6.45) is 10.7. The molecule has 0 heterocycles. The molecule has 0 aliphatic heterocycles. The number of hydrogen-bond donors (Lipinski definition) is 3. The normalized spacial score (nSPS) is 50.4. The minimum Gasteiger partial charge on any atom is -0.393 e. The van der Waals surface area contributed by atoms with E-state index in [4.69, 9.17) is 0 Å². The Balaban J connectivity index is 1.51. The molecule has 0 bridgehead atoms. The van der Waals surface area contributed by atoms with E-state index in [0.29, 0.717) is 29.6 Å². The lowest BCUT2D eigenvalue weighted by atomic mass is 9.42. The second-order valence-corrected chi connectivity index (χ2v) is 13.6. The summed E-state index contributed by atoms with van der Waals surface area (Å²) < 4.78 is 0. The molecule has 0 spiro atoms. The van der Waals surface area contributed by atoms with E-state index in [-0.39, 0.29) is 5.41 Å². The van der Waals surface area contributed by atoms with Gasteiger partial charge in [0.1, 0.15) is 0 Å². The highest BCUT2D eigenvalue weighted by Gasteiger charge is 2.67. The van der Waals surface area contributed by atoms with Gasteiger partial charge in [0.25, 0.3) is 0 Å². The molecule has 0 aromatic heterocycles. The zero-order valence-electron chi connectivity index (χ0n) is 21.8. The average Bonchev–Trinajstić information content (AvgIpc) is 3.08. The van der Waals surface area contributed by atoms with Gasteiger partial charge in [-0.3, -0.25) is 0 Å². The molecule has 4 aliphatic carbocycles. The quantitative estimate of drug-likeness (QED) is 0.454. The Kier molecular flexibility index (Phi) is 6.89. The van der Waals surface area contributed by atoms with Crippen molar-refractivity contribution in [1.29, 1.82) is 0 Å². The lowest BCUT2D eigenvalue weighted by Crippen LogP contribution is -2.68. The standard InChI is InChI=1S/C29H52O3/c1-7-20(18(2)3)9-8-19(4)23-10-11-24-22-16-26(31)29(32)17-21(30)12-15-28(29,6)25(22)13-14-27(23,24)5/h18-26,30-32H,7-17H2,1-6H3/t19-,20+,21+,22?,23-,24?,25?,26-,27-,28-,29+/m1/s1. The van der Waals surface area contributed by atoms with Gasteiger partial charge in [-0.25, -0.2) is 0 Å². The van der Waals surface area contributed by atoms with E-state index in [2.05, 4.69) is 41.5 Å². The molecule has 4 fully saturated rings. The number of hydrogen-bond acceptors (Lipinski definition) is 3. The van der Waals surface area contributed by atoms with E-state index < -0.39 is 17.8 Å². The molecule has 3 nitrogen and oxygen atoms in total. The van der Waals surface area contributed by atoms with Crippen molar-refractivity contribution in [3.05, 3.63) is 0 Å². The summed E-state index contributed by atoms with van der Waals surface area (Å²) in [7, 11) is 0. The molecule has 3 unspecified atom stereocenters. The maximum atomic E-state index is 11.7. The Bertz CT molecular complexity index is 663. The topological polar surface area (TPSA) is 60.7 Å². The largest absolute Gasteiger partial charge is 0.393 e. The second kappa shape index (κ2) is 8.83. The van der Waals surface area contributed by atoms with Gasteiger partial charge >= 0.3 is 0 Å². The van der Waals surface area contributed by atoms with Crippen molar-refractivity contribution in [2.75, 3.05) is 0 Å². The van der Waals surface area contributed by atoms with Crippen LogP contribution < -0.4 is 0 Å². The van der Waals surface area contributed by atoms with Gasteiger partial charge in [0.2, 0.25) is 0 Å². The van der Waals surface area contributed by atoms with Crippen molar-refractivity contribution in [1.82, 2.24) is 0 Å². The minimum absolute atomic E-state index is 0.259. The van der Waals surface area contributed by atoms with Crippen LogP contribution in [0.15, 0.2) is 0 Å². The minimum atomic E-state index is -1.11. The van der Waals surface area contributed by atoms with Crippen molar-refractivity contribution in [2.24, 2.45) is 52.3 Å². The zero-order valence-corrected chi connectivity index (χ0v) is 21.8. The Hall–Kier alpha value is -0.120. The number of aliphatic hydroxyl groups is 3. The fourth-order valence-electron chi connectivity index (χ4n) is 9.92. The lowest BCUT2D eigenvalue weighted by Gasteiger charge is -2.65. The third-order valence-electron chi connectivity index (χ3n) is 12.1. The third-order valence-corrected chi connectivity index (χ3v) is 12.1. The number of rotatable bonds is 6. The Morgan fingerprint density at radius 2 is 1.62 bits per heavy atom. The highest BCUT2D eigenvalue weighted by Crippen LogP contribution is 2.69. The van der Waals surface area contributed by atoms with Crippen molar-refractivity contribution >= 4 is 0 Å². The van der Waals surface area contributed by atoms with E-state index >= 15 is 0 Å². The van der Waals surface area contributed by atoms with Crippen molar-refractivity contribution in [3.8, 4) is 0 Å². The highest BCUT2D eigenvalue weighted by molar-refractivity contribution is 5.17. The summed E-state index contributed by atoms with van der Waals surface area (Å²) >= 11 is 0. The average molecular weight is 449 g/mol. The summed E-state index contributed by atoms with van der Waals surface area (Å²) in [5.74, 6) is 4.92. The van der Waals surface area contributed by atoms with Gasteiger partial charge in [0.05, 0.1) is 17.8 Å². The molecular weight excluding hydrogens is 396 g/mol. The molecule has 4 rings (SSSR count). The Morgan fingerprint density at radius 1 is 0.906 bits per heavy atom.